The van der Waals surface area contributed by atoms with Crippen LogP contribution < -0.4 is 0 Å². The van der Waals surface area contributed by atoms with Gasteiger partial charge in [0.15, 0.2) is 0 Å². The minimum Gasteiger partial charge on any atom is -0.453 e. The predicted molar refractivity (Wildman–Crippen MR) is 117 cm³/mol. The number of hydrogen-bond donors (Lipinski definition) is 0. The average Bonchev–Trinajstić information content (AvgIpc) is 3.69. The first kappa shape index (κ1) is 24.0. The van der Waals surface area contributed by atoms with E-state index in [2.05, 4.69) is 0 Å². The summed E-state index contributed by atoms with van der Waals surface area (Å²) < 4.78 is 10.0. The van der Waals surface area contributed by atoms with Gasteiger partial charge < -0.3 is 14.4 Å². The highest BCUT2D eigenvalue weighted by Crippen LogP contribution is 2.31. The first-order chi connectivity index (χ1) is 15.5. The molecule has 1 saturated heterocycles. The third kappa shape index (κ3) is 5.96. The van der Waals surface area contributed by atoms with Crippen LogP contribution in [0.3, 0.4) is 0 Å². The van der Waals surface area contributed by atoms with Crippen LogP contribution in [0.1, 0.15) is 23.2 Å². The number of benzene rings is 1. The summed E-state index contributed by atoms with van der Waals surface area (Å²) in [6, 6.07) is 8.94. The summed E-state index contributed by atoms with van der Waals surface area (Å²) in [5, 5.41) is 5.28. The molecule has 32 heavy (non-hydrogen) atoms. The largest absolute Gasteiger partial charge is 0.453 e. The van der Waals surface area contributed by atoms with Crippen molar-refractivity contribution in [3.05, 3.63) is 35.9 Å². The molecule has 10 heteroatoms. The van der Waals surface area contributed by atoms with Gasteiger partial charge in [-0.25, -0.2) is 14.8 Å². The number of methoxy groups -OCH3 is 2. The Morgan fingerprint density at radius 2 is 1.69 bits per heavy atom. The molecule has 0 N–H and O–H groups in total. The molecular formula is C22H33N5O5. The van der Waals surface area contributed by atoms with E-state index in [0.717, 1.165) is 12.8 Å². The molecule has 0 bridgehead atoms. The molecule has 10 nitrogen and oxygen atoms in total. The van der Waals surface area contributed by atoms with Crippen molar-refractivity contribution in [1.82, 2.24) is 24.9 Å². The molecule has 176 valence electrons. The lowest BCUT2D eigenvalue weighted by Gasteiger charge is -2.44. The molecule has 0 unspecified atom stereocenters. The van der Waals surface area contributed by atoms with Crippen LogP contribution in [0.5, 0.6) is 0 Å². The molecule has 3 rings (SSSR count). The zero-order valence-corrected chi connectivity index (χ0v) is 19.1. The quantitative estimate of drug-likeness (QED) is 0.414. The second-order valence-corrected chi connectivity index (χ2v) is 7.98. The molecule has 0 radical (unpaired) electrons. The highest BCUT2D eigenvalue weighted by atomic mass is 16.5. The Morgan fingerprint density at radius 3 is 2.25 bits per heavy atom. The molecule has 0 aromatic heterocycles. The molecule has 3 amide bonds. The fourth-order valence-electron chi connectivity index (χ4n) is 3.68. The standard InChI is InChI=1S/C22H33N5O5/c1-23(26-13-11-24(12-14-26)20(28)19-9-10-19)27(21(29)18-7-5-4-6-8-18)17-25(15-16-31-2)22(30)32-3/h4-8,19H,9-17H2,1-3H3. The second kappa shape index (κ2) is 11.3. The van der Waals surface area contributed by atoms with Gasteiger partial charge in [0.05, 0.1) is 13.7 Å². The summed E-state index contributed by atoms with van der Waals surface area (Å²) in [4.78, 5) is 41.4. The molecule has 0 atom stereocenters. The van der Waals surface area contributed by atoms with E-state index in [1.165, 1.54) is 17.0 Å². The van der Waals surface area contributed by atoms with Gasteiger partial charge in [-0.2, -0.15) is 5.12 Å². The smallest absolute Gasteiger partial charge is 0.411 e. The van der Waals surface area contributed by atoms with E-state index < -0.39 is 6.09 Å². The number of carbonyl (C=O) groups excluding carboxylic acids is 3. The number of rotatable bonds is 9. The lowest BCUT2D eigenvalue weighted by atomic mass is 10.2. The van der Waals surface area contributed by atoms with Crippen LogP contribution in [-0.4, -0.2) is 110 Å². The fraction of sp³-hybridized carbons (Fsp3) is 0.591. The Hall–Kier alpha value is -2.69. The monoisotopic (exact) mass is 447 g/mol. The van der Waals surface area contributed by atoms with Crippen molar-refractivity contribution < 1.29 is 23.9 Å². The van der Waals surface area contributed by atoms with Crippen LogP contribution >= 0.6 is 0 Å². The van der Waals surface area contributed by atoms with Crippen molar-refractivity contribution in [2.24, 2.45) is 5.92 Å². The van der Waals surface area contributed by atoms with Crippen LogP contribution in [0, 0.1) is 5.92 Å². The van der Waals surface area contributed by atoms with E-state index in [9.17, 15) is 14.4 Å². The van der Waals surface area contributed by atoms with Crippen molar-refractivity contribution in [3.8, 4) is 0 Å². The minimum absolute atomic E-state index is 0.00147. The van der Waals surface area contributed by atoms with Gasteiger partial charge in [0.1, 0.15) is 6.67 Å². The Morgan fingerprint density at radius 1 is 1.03 bits per heavy atom. The SMILES string of the molecule is COCCN(CN(C(=O)c1ccccc1)N(C)N1CCN(C(=O)C2CC2)CC1)C(=O)OC. The number of ether oxygens (including phenoxy) is 2. The first-order valence-corrected chi connectivity index (χ1v) is 10.9. The first-order valence-electron chi connectivity index (χ1n) is 10.9. The Balaban J connectivity index is 1.74. The summed E-state index contributed by atoms with van der Waals surface area (Å²) in [6.45, 7) is 3.01. The van der Waals surface area contributed by atoms with Gasteiger partial charge in [0, 0.05) is 58.4 Å². The van der Waals surface area contributed by atoms with E-state index in [1.807, 2.05) is 16.0 Å². The van der Waals surface area contributed by atoms with Crippen molar-refractivity contribution >= 4 is 17.9 Å². The molecule has 2 fully saturated rings. The lowest BCUT2D eigenvalue weighted by molar-refractivity contribution is -0.172. The molecule has 1 aromatic carbocycles. The molecular weight excluding hydrogens is 414 g/mol. The fourth-order valence-corrected chi connectivity index (χ4v) is 3.68. The van der Waals surface area contributed by atoms with Gasteiger partial charge >= 0.3 is 6.09 Å². The second-order valence-electron chi connectivity index (χ2n) is 7.98. The van der Waals surface area contributed by atoms with Gasteiger partial charge in [-0.3, -0.25) is 14.5 Å². The number of hydrazine groups is 2. The normalized spacial score (nSPS) is 16.7. The van der Waals surface area contributed by atoms with Gasteiger partial charge in [-0.15, -0.1) is 0 Å². The third-order valence-electron chi connectivity index (χ3n) is 5.81. The molecule has 2 aliphatic rings. The van der Waals surface area contributed by atoms with Crippen molar-refractivity contribution in [3.63, 3.8) is 0 Å². The molecule has 1 aliphatic heterocycles. The molecule has 1 saturated carbocycles. The summed E-state index contributed by atoms with van der Waals surface area (Å²) >= 11 is 0. The van der Waals surface area contributed by atoms with Crippen molar-refractivity contribution in [2.75, 3.05) is 67.3 Å². The average molecular weight is 448 g/mol. The van der Waals surface area contributed by atoms with Crippen LogP contribution in [0.2, 0.25) is 0 Å². The van der Waals surface area contributed by atoms with Crippen molar-refractivity contribution in [2.45, 2.75) is 12.8 Å². The highest BCUT2D eigenvalue weighted by Gasteiger charge is 2.36. The maximum absolute atomic E-state index is 13.4. The minimum atomic E-state index is -0.541. The van der Waals surface area contributed by atoms with Crippen LogP contribution in [0.15, 0.2) is 30.3 Å². The van der Waals surface area contributed by atoms with Gasteiger partial charge in [-0.1, -0.05) is 18.2 Å². The van der Waals surface area contributed by atoms with Crippen LogP contribution in [-0.2, 0) is 14.3 Å². The van der Waals surface area contributed by atoms with Crippen LogP contribution in [0.4, 0.5) is 4.79 Å². The number of nitrogens with zero attached hydrogens (tertiary/aromatic N) is 5. The Labute approximate surface area is 189 Å². The number of piperazine rings is 1. The highest BCUT2D eigenvalue weighted by molar-refractivity contribution is 5.94. The molecule has 0 spiro atoms. The maximum Gasteiger partial charge on any atom is 0.411 e. The summed E-state index contributed by atoms with van der Waals surface area (Å²) in [6.07, 6.45) is 1.44. The zero-order chi connectivity index (χ0) is 23.1. The predicted octanol–water partition coefficient (Wildman–Crippen LogP) is 1.12. The summed E-state index contributed by atoms with van der Waals surface area (Å²) in [5.41, 5.74) is 0.512. The van der Waals surface area contributed by atoms with Gasteiger partial charge in [-0.05, 0) is 25.0 Å². The van der Waals surface area contributed by atoms with E-state index in [-0.39, 0.29) is 30.9 Å². The Kier molecular flexibility index (Phi) is 8.43. The maximum atomic E-state index is 13.4. The van der Waals surface area contributed by atoms with Crippen LogP contribution in [0.25, 0.3) is 0 Å². The summed E-state index contributed by atoms with van der Waals surface area (Å²) in [5.74, 6) is 0.196. The molecule has 1 aliphatic carbocycles. The topological polar surface area (TPSA) is 85.9 Å². The van der Waals surface area contributed by atoms with Crippen molar-refractivity contribution in [1.29, 1.82) is 0 Å². The van der Waals surface area contributed by atoms with Gasteiger partial charge in [0.25, 0.3) is 5.91 Å². The number of amides is 3. The third-order valence-corrected chi connectivity index (χ3v) is 5.81. The molecule has 1 aromatic rings. The van der Waals surface area contributed by atoms with E-state index >= 15 is 0 Å². The van der Waals surface area contributed by atoms with E-state index in [0.29, 0.717) is 38.3 Å². The zero-order valence-electron chi connectivity index (χ0n) is 19.1. The van der Waals surface area contributed by atoms with Gasteiger partial charge in [0.2, 0.25) is 5.91 Å². The molecule has 1 heterocycles. The number of carbonyl (C=O) groups is 3. The Bertz CT molecular complexity index is 780. The van der Waals surface area contributed by atoms with E-state index in [1.54, 1.807) is 43.5 Å². The lowest BCUT2D eigenvalue weighted by Crippen LogP contribution is -2.62. The summed E-state index contributed by atoms with van der Waals surface area (Å²) in [7, 11) is 4.66. The number of hydrogen-bond acceptors (Lipinski definition) is 7. The van der Waals surface area contributed by atoms with E-state index in [4.69, 9.17) is 9.47 Å².